The van der Waals surface area contributed by atoms with Crippen LogP contribution in [0.1, 0.15) is 26.2 Å². The van der Waals surface area contributed by atoms with Crippen molar-refractivity contribution in [3.63, 3.8) is 0 Å². The first-order chi connectivity index (χ1) is 10.1. The smallest absolute Gasteiger partial charge is 0.238 e. The number of benzene rings is 1. The highest BCUT2D eigenvalue weighted by molar-refractivity contribution is 5.92. The molecule has 5 nitrogen and oxygen atoms in total. The number of piperidine rings is 1. The Labute approximate surface area is 125 Å². The fourth-order valence-corrected chi connectivity index (χ4v) is 2.85. The van der Waals surface area contributed by atoms with Crippen LogP contribution in [-0.2, 0) is 4.79 Å². The number of ether oxygens (including phenoxy) is 1. The molecule has 0 bridgehead atoms. The molecule has 1 fully saturated rings. The van der Waals surface area contributed by atoms with Crippen molar-refractivity contribution in [1.29, 1.82) is 0 Å². The highest BCUT2D eigenvalue weighted by Crippen LogP contribution is 2.20. The van der Waals surface area contributed by atoms with Crippen molar-refractivity contribution in [3.05, 3.63) is 24.3 Å². The number of carbonyl (C=O) groups is 1. The summed E-state index contributed by atoms with van der Waals surface area (Å²) in [5, 5.41) is 12.7. The summed E-state index contributed by atoms with van der Waals surface area (Å²) in [7, 11) is 1.60. The van der Waals surface area contributed by atoms with Crippen LogP contribution < -0.4 is 10.1 Å². The number of methoxy groups -OCH3 is 1. The zero-order valence-electron chi connectivity index (χ0n) is 12.7. The quantitative estimate of drug-likeness (QED) is 0.869. The Morgan fingerprint density at radius 1 is 1.52 bits per heavy atom. The molecule has 2 unspecified atom stereocenters. The number of anilines is 1. The Morgan fingerprint density at radius 2 is 2.33 bits per heavy atom. The fourth-order valence-electron chi connectivity index (χ4n) is 2.85. The number of amides is 1. The van der Waals surface area contributed by atoms with E-state index in [1.165, 1.54) is 0 Å². The third-order valence-corrected chi connectivity index (χ3v) is 3.92. The summed E-state index contributed by atoms with van der Waals surface area (Å²) in [6.45, 7) is 2.97. The number of likely N-dealkylation sites (tertiary alicyclic amines) is 1. The van der Waals surface area contributed by atoms with E-state index in [2.05, 4.69) is 10.2 Å². The highest BCUT2D eigenvalue weighted by Gasteiger charge is 2.27. The molecule has 1 heterocycles. The van der Waals surface area contributed by atoms with Gasteiger partial charge in [-0.05, 0) is 38.4 Å². The number of aliphatic hydroxyl groups excluding tert-OH is 1. The van der Waals surface area contributed by atoms with Gasteiger partial charge in [-0.15, -0.1) is 0 Å². The van der Waals surface area contributed by atoms with Crippen LogP contribution in [0.5, 0.6) is 5.75 Å². The Bertz CT molecular complexity index is 476. The molecule has 116 valence electrons. The minimum atomic E-state index is -0.407. The zero-order chi connectivity index (χ0) is 15.2. The van der Waals surface area contributed by atoms with Gasteiger partial charge in [-0.1, -0.05) is 12.5 Å². The highest BCUT2D eigenvalue weighted by atomic mass is 16.5. The van der Waals surface area contributed by atoms with Gasteiger partial charge in [0.2, 0.25) is 5.91 Å². The Balaban J connectivity index is 1.93. The summed E-state index contributed by atoms with van der Waals surface area (Å²) in [6, 6.07) is 7.38. The van der Waals surface area contributed by atoms with Crippen LogP contribution in [-0.4, -0.2) is 48.3 Å². The van der Waals surface area contributed by atoms with E-state index >= 15 is 0 Å². The first kappa shape index (κ1) is 15.8. The van der Waals surface area contributed by atoms with Crippen LogP contribution in [0.25, 0.3) is 0 Å². The van der Waals surface area contributed by atoms with Crippen LogP contribution in [0.15, 0.2) is 24.3 Å². The summed E-state index contributed by atoms with van der Waals surface area (Å²) in [5.74, 6) is 0.656. The normalized spacial score (nSPS) is 20.8. The Kier molecular flexibility index (Phi) is 5.59. The summed E-state index contributed by atoms with van der Waals surface area (Å²) in [5.41, 5.74) is 0.727. The third kappa shape index (κ3) is 4.44. The number of nitrogens with one attached hydrogen (secondary N) is 1. The summed E-state index contributed by atoms with van der Waals surface area (Å²) in [4.78, 5) is 14.2. The minimum absolute atomic E-state index is 0.0594. The number of hydrogen-bond acceptors (Lipinski definition) is 4. The standard InChI is InChI=1S/C16H24N2O3/c1-12(19)15-8-3-4-9-18(15)11-16(20)17-13-6-5-7-14(10-13)21-2/h5-7,10,12,15,19H,3-4,8-9,11H2,1-2H3,(H,17,20). The lowest BCUT2D eigenvalue weighted by atomic mass is 9.98. The molecule has 2 N–H and O–H groups in total. The van der Waals surface area contributed by atoms with Crippen LogP contribution in [0.3, 0.4) is 0 Å². The minimum Gasteiger partial charge on any atom is -0.497 e. The molecule has 0 spiro atoms. The van der Waals surface area contributed by atoms with Crippen molar-refractivity contribution in [1.82, 2.24) is 4.90 Å². The van der Waals surface area contributed by atoms with Crippen molar-refractivity contribution < 1.29 is 14.6 Å². The average molecular weight is 292 g/mol. The molecule has 2 atom stereocenters. The van der Waals surface area contributed by atoms with Gasteiger partial charge in [-0.3, -0.25) is 9.69 Å². The zero-order valence-corrected chi connectivity index (χ0v) is 12.7. The van der Waals surface area contributed by atoms with Gasteiger partial charge in [-0.2, -0.15) is 0 Å². The van der Waals surface area contributed by atoms with Crippen molar-refractivity contribution >= 4 is 11.6 Å². The molecule has 0 saturated carbocycles. The van der Waals surface area contributed by atoms with Gasteiger partial charge in [0.05, 0.1) is 19.8 Å². The molecule has 1 aliphatic heterocycles. The number of carbonyl (C=O) groups excluding carboxylic acids is 1. The summed E-state index contributed by atoms with van der Waals surface area (Å²) < 4.78 is 5.14. The van der Waals surface area contributed by atoms with Crippen LogP contribution >= 0.6 is 0 Å². The third-order valence-electron chi connectivity index (χ3n) is 3.92. The number of hydrogen-bond donors (Lipinski definition) is 2. The van der Waals surface area contributed by atoms with E-state index in [1.807, 2.05) is 18.2 Å². The predicted octanol–water partition coefficient (Wildman–Crippen LogP) is 1.87. The second-order valence-corrected chi connectivity index (χ2v) is 5.55. The molecule has 0 radical (unpaired) electrons. The monoisotopic (exact) mass is 292 g/mol. The van der Waals surface area contributed by atoms with Crippen molar-refractivity contribution in [2.75, 3.05) is 25.5 Å². The molecule has 1 aromatic rings. The van der Waals surface area contributed by atoms with Crippen LogP contribution in [0.4, 0.5) is 5.69 Å². The summed E-state index contributed by atoms with van der Waals surface area (Å²) >= 11 is 0. The topological polar surface area (TPSA) is 61.8 Å². The first-order valence-corrected chi connectivity index (χ1v) is 7.46. The van der Waals surface area contributed by atoms with E-state index in [4.69, 9.17) is 4.74 Å². The maximum absolute atomic E-state index is 12.2. The van der Waals surface area contributed by atoms with Crippen molar-refractivity contribution in [2.45, 2.75) is 38.3 Å². The van der Waals surface area contributed by atoms with Crippen molar-refractivity contribution in [3.8, 4) is 5.75 Å². The van der Waals surface area contributed by atoms with E-state index in [-0.39, 0.29) is 11.9 Å². The second kappa shape index (κ2) is 7.43. The number of rotatable bonds is 5. The van der Waals surface area contributed by atoms with Gasteiger partial charge < -0.3 is 15.2 Å². The van der Waals surface area contributed by atoms with Gasteiger partial charge in [0.1, 0.15) is 5.75 Å². The lowest BCUT2D eigenvalue weighted by Gasteiger charge is -2.36. The van der Waals surface area contributed by atoms with E-state index in [9.17, 15) is 9.90 Å². The fraction of sp³-hybridized carbons (Fsp3) is 0.562. The molecule has 2 rings (SSSR count). The number of nitrogens with zero attached hydrogens (tertiary/aromatic N) is 1. The second-order valence-electron chi connectivity index (χ2n) is 5.55. The Hall–Kier alpha value is -1.59. The SMILES string of the molecule is COc1cccc(NC(=O)CN2CCCCC2C(C)O)c1. The molecule has 0 aromatic heterocycles. The lowest BCUT2D eigenvalue weighted by Crippen LogP contribution is -2.48. The van der Waals surface area contributed by atoms with E-state index < -0.39 is 6.10 Å². The molecular formula is C16H24N2O3. The molecule has 5 heteroatoms. The van der Waals surface area contributed by atoms with Crippen LogP contribution in [0.2, 0.25) is 0 Å². The van der Waals surface area contributed by atoms with Gasteiger partial charge in [0, 0.05) is 17.8 Å². The molecule has 1 aliphatic rings. The van der Waals surface area contributed by atoms with E-state index in [1.54, 1.807) is 20.1 Å². The molecular weight excluding hydrogens is 268 g/mol. The maximum atomic E-state index is 12.2. The average Bonchev–Trinajstić information content (AvgIpc) is 2.47. The van der Waals surface area contributed by atoms with Gasteiger partial charge >= 0.3 is 0 Å². The molecule has 1 amide bonds. The lowest BCUT2D eigenvalue weighted by molar-refractivity contribution is -0.118. The summed E-state index contributed by atoms with van der Waals surface area (Å²) in [6.07, 6.45) is 2.73. The Morgan fingerprint density at radius 3 is 3.05 bits per heavy atom. The van der Waals surface area contributed by atoms with Gasteiger partial charge in [-0.25, -0.2) is 0 Å². The van der Waals surface area contributed by atoms with Gasteiger partial charge in [0.25, 0.3) is 0 Å². The maximum Gasteiger partial charge on any atom is 0.238 e. The molecule has 0 aliphatic carbocycles. The van der Waals surface area contributed by atoms with E-state index in [0.29, 0.717) is 12.3 Å². The van der Waals surface area contributed by atoms with Crippen molar-refractivity contribution in [2.24, 2.45) is 0 Å². The van der Waals surface area contributed by atoms with E-state index in [0.717, 1.165) is 31.5 Å². The predicted molar refractivity (Wildman–Crippen MR) is 82.5 cm³/mol. The molecule has 21 heavy (non-hydrogen) atoms. The first-order valence-electron chi connectivity index (χ1n) is 7.46. The van der Waals surface area contributed by atoms with Crippen LogP contribution in [0, 0.1) is 0 Å². The molecule has 1 saturated heterocycles. The number of aliphatic hydroxyl groups is 1. The largest absolute Gasteiger partial charge is 0.497 e. The molecule has 1 aromatic carbocycles. The van der Waals surface area contributed by atoms with Gasteiger partial charge in [0.15, 0.2) is 0 Å².